The minimum Gasteiger partial charge on any atom is -0.201 e. The molecule has 2 rings (SSSR count). The van der Waals surface area contributed by atoms with Crippen LogP contribution in [0.1, 0.15) is 54.9 Å². The van der Waals surface area contributed by atoms with E-state index >= 15 is 0 Å². The fraction of sp³-hybridized carbons (Fsp3) is 0.450. The van der Waals surface area contributed by atoms with Crippen molar-refractivity contribution in [3.8, 4) is 11.3 Å². The van der Waals surface area contributed by atoms with E-state index in [4.69, 9.17) is 0 Å². The summed E-state index contributed by atoms with van der Waals surface area (Å²) in [5, 5.41) is 0. The highest BCUT2D eigenvalue weighted by Gasteiger charge is 2.17. The van der Waals surface area contributed by atoms with Crippen LogP contribution in [0.2, 0.25) is 0 Å². The first-order chi connectivity index (χ1) is 9.97. The summed E-state index contributed by atoms with van der Waals surface area (Å²) < 4.78 is 2.25. The van der Waals surface area contributed by atoms with Crippen LogP contribution >= 0.6 is 0 Å². The lowest BCUT2D eigenvalue weighted by molar-refractivity contribution is -0.661. The summed E-state index contributed by atoms with van der Waals surface area (Å²) in [5.74, 6) is 0.686. The average molecular weight is 282 g/mol. The van der Waals surface area contributed by atoms with E-state index in [1.165, 1.54) is 46.4 Å². The third-order valence-corrected chi connectivity index (χ3v) is 4.53. The van der Waals surface area contributed by atoms with Gasteiger partial charge in [0.15, 0.2) is 6.20 Å². The molecule has 0 radical (unpaired) electrons. The summed E-state index contributed by atoms with van der Waals surface area (Å²) in [6, 6.07) is 9.27. The predicted molar refractivity (Wildman–Crippen MR) is 90.6 cm³/mol. The Hall–Kier alpha value is -1.63. The van der Waals surface area contributed by atoms with Crippen molar-refractivity contribution in [1.29, 1.82) is 0 Å². The van der Waals surface area contributed by atoms with Crippen molar-refractivity contribution in [2.45, 2.75) is 53.4 Å². The highest BCUT2D eigenvalue weighted by molar-refractivity contribution is 5.64. The maximum atomic E-state index is 2.38. The molecule has 1 heteroatoms. The lowest BCUT2D eigenvalue weighted by Gasteiger charge is -2.15. The zero-order chi connectivity index (χ0) is 15.6. The molecule has 21 heavy (non-hydrogen) atoms. The van der Waals surface area contributed by atoms with Gasteiger partial charge in [0.2, 0.25) is 5.69 Å². The number of hydrogen-bond donors (Lipinski definition) is 0. The second-order valence-corrected chi connectivity index (χ2v) is 6.25. The molecule has 112 valence electrons. The Labute approximate surface area is 129 Å². The lowest BCUT2D eigenvalue weighted by Crippen LogP contribution is -2.32. The maximum absolute atomic E-state index is 2.38. The molecule has 0 spiro atoms. The number of aryl methyl sites for hydroxylation is 4. The van der Waals surface area contributed by atoms with E-state index in [9.17, 15) is 0 Å². The highest BCUT2D eigenvalue weighted by Crippen LogP contribution is 2.29. The molecule has 1 aromatic carbocycles. The van der Waals surface area contributed by atoms with Crippen molar-refractivity contribution in [2.24, 2.45) is 7.05 Å². The van der Waals surface area contributed by atoms with Gasteiger partial charge in [-0.1, -0.05) is 26.0 Å². The molecular weight excluding hydrogens is 254 g/mol. The first-order valence-corrected chi connectivity index (χ1v) is 8.05. The number of aromatic nitrogens is 1. The van der Waals surface area contributed by atoms with E-state index in [1.807, 2.05) is 0 Å². The normalized spacial score (nSPS) is 11.2. The molecular formula is C20H28N+. The number of hydrogen-bond acceptors (Lipinski definition) is 0. The van der Waals surface area contributed by atoms with Gasteiger partial charge >= 0.3 is 0 Å². The Morgan fingerprint density at radius 3 is 2.14 bits per heavy atom. The summed E-state index contributed by atoms with van der Waals surface area (Å²) in [5.41, 5.74) is 8.19. The largest absolute Gasteiger partial charge is 0.215 e. The van der Waals surface area contributed by atoms with Crippen LogP contribution in [-0.4, -0.2) is 0 Å². The Morgan fingerprint density at radius 2 is 1.62 bits per heavy atom. The van der Waals surface area contributed by atoms with E-state index in [-0.39, 0.29) is 0 Å². The molecule has 1 nitrogen and oxygen atoms in total. The van der Waals surface area contributed by atoms with E-state index in [0.29, 0.717) is 5.92 Å². The Kier molecular flexibility index (Phi) is 4.82. The highest BCUT2D eigenvalue weighted by atomic mass is 14.9. The minimum atomic E-state index is 0.686. The molecule has 0 unspecified atom stereocenters. The van der Waals surface area contributed by atoms with E-state index in [1.54, 1.807) is 0 Å². The molecule has 0 aliphatic heterocycles. The summed E-state index contributed by atoms with van der Waals surface area (Å²) in [6.07, 6.45) is 4.63. The predicted octanol–water partition coefficient (Wildman–Crippen LogP) is 5.01. The smallest absolute Gasteiger partial charge is 0.201 e. The second-order valence-electron chi connectivity index (χ2n) is 6.25. The first-order valence-electron chi connectivity index (χ1n) is 8.05. The van der Waals surface area contributed by atoms with Crippen molar-refractivity contribution in [1.82, 2.24) is 0 Å². The minimum absolute atomic E-state index is 0.686. The van der Waals surface area contributed by atoms with Crippen LogP contribution in [0, 0.1) is 20.8 Å². The second kappa shape index (κ2) is 6.43. The summed E-state index contributed by atoms with van der Waals surface area (Å²) in [4.78, 5) is 0. The van der Waals surface area contributed by atoms with Gasteiger partial charge in [0.1, 0.15) is 7.05 Å². The number of nitrogens with zero attached hydrogens (tertiary/aromatic N) is 1. The lowest BCUT2D eigenvalue weighted by atomic mass is 9.90. The van der Waals surface area contributed by atoms with Gasteiger partial charge in [0.25, 0.3) is 0 Å². The first kappa shape index (κ1) is 15.8. The van der Waals surface area contributed by atoms with Gasteiger partial charge in [0, 0.05) is 16.7 Å². The van der Waals surface area contributed by atoms with E-state index in [2.05, 4.69) is 76.7 Å². The van der Waals surface area contributed by atoms with Crippen molar-refractivity contribution in [2.75, 3.05) is 0 Å². The van der Waals surface area contributed by atoms with Crippen molar-refractivity contribution < 1.29 is 4.57 Å². The van der Waals surface area contributed by atoms with Crippen molar-refractivity contribution in [3.05, 3.63) is 52.7 Å². The van der Waals surface area contributed by atoms with Crippen molar-refractivity contribution >= 4 is 0 Å². The molecule has 1 heterocycles. The molecule has 0 saturated heterocycles. The Morgan fingerprint density at radius 1 is 0.952 bits per heavy atom. The van der Waals surface area contributed by atoms with Crippen LogP contribution < -0.4 is 4.57 Å². The third kappa shape index (κ3) is 3.18. The molecule has 0 amide bonds. The Bertz CT molecular complexity index is 613. The topological polar surface area (TPSA) is 3.88 Å². The molecule has 0 bridgehead atoms. The molecule has 2 aromatic rings. The zero-order valence-corrected chi connectivity index (χ0v) is 14.3. The number of rotatable bonds is 4. The monoisotopic (exact) mass is 282 g/mol. The van der Waals surface area contributed by atoms with Crippen LogP contribution in [0.15, 0.2) is 30.5 Å². The fourth-order valence-electron chi connectivity index (χ4n) is 3.46. The van der Waals surface area contributed by atoms with Gasteiger partial charge in [-0.25, -0.2) is 4.57 Å². The zero-order valence-electron chi connectivity index (χ0n) is 14.3. The van der Waals surface area contributed by atoms with E-state index in [0.717, 1.165) is 0 Å². The number of benzene rings is 1. The third-order valence-electron chi connectivity index (χ3n) is 4.53. The standard InChI is InChI=1S/C20H28N/c1-7-17(8-2)18-9-10-19(15(4)12-18)20-16(5)11-14(3)13-21(20)6/h9-13,17H,7-8H2,1-6H3/q+1. The quantitative estimate of drug-likeness (QED) is 0.694. The van der Waals surface area contributed by atoms with Gasteiger partial charge < -0.3 is 0 Å². The van der Waals surface area contributed by atoms with Gasteiger partial charge in [-0.3, -0.25) is 0 Å². The van der Waals surface area contributed by atoms with Gasteiger partial charge in [-0.15, -0.1) is 0 Å². The van der Waals surface area contributed by atoms with Gasteiger partial charge in [-0.2, -0.15) is 0 Å². The summed E-state index contributed by atoms with van der Waals surface area (Å²) in [6.45, 7) is 11.2. The van der Waals surface area contributed by atoms with Crippen LogP contribution in [0.25, 0.3) is 11.3 Å². The molecule has 0 saturated carbocycles. The van der Waals surface area contributed by atoms with Gasteiger partial charge in [0.05, 0.1) is 0 Å². The molecule has 0 fully saturated rings. The number of pyridine rings is 1. The maximum Gasteiger partial charge on any atom is 0.215 e. The Balaban J connectivity index is 2.52. The SMILES string of the molecule is CCC(CC)c1ccc(-c2c(C)cc(C)c[n+]2C)c(C)c1. The molecule has 0 aliphatic rings. The van der Waals surface area contributed by atoms with Crippen molar-refractivity contribution in [3.63, 3.8) is 0 Å². The molecule has 0 aliphatic carbocycles. The fourth-order valence-corrected chi connectivity index (χ4v) is 3.46. The van der Waals surface area contributed by atoms with Crippen LogP contribution in [0.4, 0.5) is 0 Å². The molecule has 1 aromatic heterocycles. The van der Waals surface area contributed by atoms with Crippen LogP contribution in [0.5, 0.6) is 0 Å². The van der Waals surface area contributed by atoms with Gasteiger partial charge in [-0.05, 0) is 62.8 Å². The average Bonchev–Trinajstić information content (AvgIpc) is 2.41. The summed E-state index contributed by atoms with van der Waals surface area (Å²) >= 11 is 0. The van der Waals surface area contributed by atoms with E-state index < -0.39 is 0 Å². The van der Waals surface area contributed by atoms with Crippen LogP contribution in [-0.2, 0) is 7.05 Å². The summed E-state index contributed by atoms with van der Waals surface area (Å²) in [7, 11) is 2.14. The van der Waals surface area contributed by atoms with Crippen LogP contribution in [0.3, 0.4) is 0 Å². The molecule has 0 atom stereocenters. The molecule has 0 N–H and O–H groups in total.